The molecule has 1 saturated carbocycles. The van der Waals surface area contributed by atoms with Crippen LogP contribution in [0.4, 0.5) is 5.69 Å². The molecule has 35 heavy (non-hydrogen) atoms. The van der Waals surface area contributed by atoms with Gasteiger partial charge in [-0.2, -0.15) is 5.26 Å². The number of aryl methyl sites for hydroxylation is 1. The van der Waals surface area contributed by atoms with Crippen molar-refractivity contribution in [3.63, 3.8) is 0 Å². The summed E-state index contributed by atoms with van der Waals surface area (Å²) in [6, 6.07) is 17.7. The van der Waals surface area contributed by atoms with Gasteiger partial charge in [-0.25, -0.2) is 4.98 Å². The van der Waals surface area contributed by atoms with Crippen LogP contribution in [0.2, 0.25) is 0 Å². The highest BCUT2D eigenvalue weighted by Crippen LogP contribution is 2.34. The van der Waals surface area contributed by atoms with Crippen molar-refractivity contribution in [2.45, 2.75) is 58.1 Å². The molecule has 1 aliphatic carbocycles. The van der Waals surface area contributed by atoms with E-state index < -0.39 is 0 Å². The zero-order valence-corrected chi connectivity index (χ0v) is 21.2. The fourth-order valence-corrected chi connectivity index (χ4v) is 4.73. The number of fused-ring (bicyclic) bond motifs is 1. The van der Waals surface area contributed by atoms with Gasteiger partial charge in [-0.1, -0.05) is 35.5 Å². The fourth-order valence-electron chi connectivity index (χ4n) is 4.73. The van der Waals surface area contributed by atoms with Crippen molar-refractivity contribution in [1.29, 1.82) is 5.26 Å². The summed E-state index contributed by atoms with van der Waals surface area (Å²) in [5, 5.41) is 14.0. The predicted octanol–water partition coefficient (Wildman–Crippen LogP) is 5.02. The zero-order chi connectivity index (χ0) is 25.2. The third-order valence-corrected chi connectivity index (χ3v) is 6.68. The normalized spacial score (nSPS) is 18.8. The molecule has 0 unspecified atom stereocenters. The third kappa shape index (κ3) is 5.37. The summed E-state index contributed by atoms with van der Waals surface area (Å²) in [4.78, 5) is 25.2. The van der Waals surface area contributed by atoms with Crippen molar-refractivity contribution in [3.05, 3.63) is 70.1 Å². The van der Waals surface area contributed by atoms with Gasteiger partial charge in [0.1, 0.15) is 22.9 Å². The average molecular weight is 472 g/mol. The summed E-state index contributed by atoms with van der Waals surface area (Å²) in [5.74, 6) is 0.299. The highest BCUT2D eigenvalue weighted by atomic mass is 16.6. The number of aromatic nitrogens is 2. The molecule has 2 heterocycles. The second kappa shape index (κ2) is 9.91. The van der Waals surface area contributed by atoms with E-state index in [0.717, 1.165) is 48.2 Å². The molecule has 182 valence electrons. The molecule has 4 rings (SSSR count). The molecule has 0 N–H and O–H groups in total. The third-order valence-electron chi connectivity index (χ3n) is 6.68. The molecule has 0 saturated heterocycles. The average Bonchev–Trinajstić information content (AvgIpc) is 2.86. The molecular formula is C28H33N5O2. The first-order valence-electron chi connectivity index (χ1n) is 12.1. The van der Waals surface area contributed by atoms with E-state index in [9.17, 15) is 10.1 Å². The second-order valence-corrected chi connectivity index (χ2v) is 10.3. The van der Waals surface area contributed by atoms with Crippen molar-refractivity contribution in [2.24, 2.45) is 18.1 Å². The Morgan fingerprint density at radius 2 is 1.83 bits per heavy atom. The number of nitrogens with zero attached hydrogens (tertiary/aromatic N) is 5. The molecule has 0 bridgehead atoms. The minimum Gasteiger partial charge on any atom is -0.390 e. The van der Waals surface area contributed by atoms with Gasteiger partial charge in [0.2, 0.25) is 0 Å². The summed E-state index contributed by atoms with van der Waals surface area (Å²) in [7, 11) is 3.76. The van der Waals surface area contributed by atoms with E-state index in [0.29, 0.717) is 17.1 Å². The van der Waals surface area contributed by atoms with Crippen LogP contribution in [0.5, 0.6) is 0 Å². The van der Waals surface area contributed by atoms with Crippen molar-refractivity contribution in [1.82, 2.24) is 9.55 Å². The van der Waals surface area contributed by atoms with Gasteiger partial charge >= 0.3 is 0 Å². The van der Waals surface area contributed by atoms with Crippen LogP contribution in [-0.4, -0.2) is 34.0 Å². The number of hydrogen-bond acceptors (Lipinski definition) is 6. The van der Waals surface area contributed by atoms with Crippen LogP contribution in [0, 0.1) is 17.2 Å². The zero-order valence-electron chi connectivity index (χ0n) is 21.2. The first-order valence-corrected chi connectivity index (χ1v) is 12.1. The predicted molar refractivity (Wildman–Crippen MR) is 140 cm³/mol. The second-order valence-electron chi connectivity index (χ2n) is 10.3. The summed E-state index contributed by atoms with van der Waals surface area (Å²) in [6.45, 7) is 6.02. The molecule has 0 spiro atoms. The first-order chi connectivity index (χ1) is 16.7. The summed E-state index contributed by atoms with van der Waals surface area (Å²) < 4.78 is 1.58. The Morgan fingerprint density at radius 3 is 2.46 bits per heavy atom. The molecule has 3 aromatic rings. The minimum atomic E-state index is -0.354. The SMILES string of the molecule is Cn1c(=O)cc(N(C)[C@H]2CC[C@H](/C(=N\OC(C)(C)C)c3ccccc3)CC2)c2nc(C#N)ccc21. The van der Waals surface area contributed by atoms with Crippen LogP contribution in [-0.2, 0) is 11.9 Å². The number of anilines is 1. The van der Waals surface area contributed by atoms with E-state index in [2.05, 4.69) is 33.2 Å². The van der Waals surface area contributed by atoms with Gasteiger partial charge in [-0.3, -0.25) is 4.79 Å². The fraction of sp³-hybridized carbons (Fsp3) is 0.429. The smallest absolute Gasteiger partial charge is 0.252 e. The maximum absolute atomic E-state index is 12.7. The molecule has 2 aromatic heterocycles. The topological polar surface area (TPSA) is 83.5 Å². The van der Waals surface area contributed by atoms with Gasteiger partial charge in [-0.05, 0) is 64.2 Å². The monoisotopic (exact) mass is 471 g/mol. The Balaban J connectivity index is 1.59. The van der Waals surface area contributed by atoms with Crippen LogP contribution in [0.3, 0.4) is 0 Å². The molecule has 0 atom stereocenters. The quantitative estimate of drug-likeness (QED) is 0.385. The number of oxime groups is 1. The summed E-state index contributed by atoms with van der Waals surface area (Å²) in [5.41, 5.74) is 4.19. The molecule has 1 aliphatic rings. The highest BCUT2D eigenvalue weighted by Gasteiger charge is 2.30. The molecule has 7 heteroatoms. The van der Waals surface area contributed by atoms with E-state index in [1.807, 2.05) is 46.0 Å². The van der Waals surface area contributed by atoms with Gasteiger partial charge in [0.15, 0.2) is 0 Å². The summed E-state index contributed by atoms with van der Waals surface area (Å²) in [6.07, 6.45) is 3.85. The standard InChI is InChI=1S/C28H33N5O2/c1-28(2,3)35-31-26(19-9-7-6-8-10-19)20-11-14-22(15-12-20)32(4)24-17-25(34)33(5)23-16-13-21(18-29)30-27(23)24/h6-10,13,16-17,20,22H,11-12,14-15H2,1-5H3/b31-26-/t20-,22-. The first kappa shape index (κ1) is 24.5. The van der Waals surface area contributed by atoms with Gasteiger partial charge < -0.3 is 14.3 Å². The van der Waals surface area contributed by atoms with E-state index in [-0.39, 0.29) is 17.2 Å². The lowest BCUT2D eigenvalue weighted by molar-refractivity contribution is -0.0000286. The van der Waals surface area contributed by atoms with E-state index in [1.54, 1.807) is 29.8 Å². The Kier molecular flexibility index (Phi) is 6.93. The van der Waals surface area contributed by atoms with E-state index in [1.165, 1.54) is 0 Å². The molecule has 1 fully saturated rings. The number of rotatable bonds is 5. The Hall–Kier alpha value is -3.66. The van der Waals surface area contributed by atoms with Gasteiger partial charge in [0.25, 0.3) is 5.56 Å². The van der Waals surface area contributed by atoms with Crippen molar-refractivity contribution in [2.75, 3.05) is 11.9 Å². The van der Waals surface area contributed by atoms with Crippen LogP contribution in [0.15, 0.2) is 58.5 Å². The molecule has 0 aliphatic heterocycles. The Labute approximate surface area is 206 Å². The van der Waals surface area contributed by atoms with Crippen LogP contribution in [0.25, 0.3) is 11.0 Å². The number of pyridine rings is 2. The summed E-state index contributed by atoms with van der Waals surface area (Å²) >= 11 is 0. The Bertz CT molecular complexity index is 1320. The van der Waals surface area contributed by atoms with Crippen molar-refractivity contribution < 1.29 is 4.84 Å². The van der Waals surface area contributed by atoms with Gasteiger partial charge in [-0.15, -0.1) is 0 Å². The van der Waals surface area contributed by atoms with Crippen molar-refractivity contribution in [3.8, 4) is 6.07 Å². The molecular weight excluding hydrogens is 438 g/mol. The van der Waals surface area contributed by atoms with Crippen LogP contribution in [0.1, 0.15) is 57.7 Å². The van der Waals surface area contributed by atoms with Gasteiger partial charge in [0.05, 0.1) is 16.9 Å². The minimum absolute atomic E-state index is 0.0858. The number of benzene rings is 1. The lowest BCUT2D eigenvalue weighted by atomic mass is 9.80. The molecule has 0 amide bonds. The lowest BCUT2D eigenvalue weighted by Crippen LogP contribution is -2.38. The maximum atomic E-state index is 12.7. The number of nitriles is 1. The highest BCUT2D eigenvalue weighted by molar-refractivity contribution is 6.02. The van der Waals surface area contributed by atoms with E-state index >= 15 is 0 Å². The molecule has 1 aromatic carbocycles. The van der Waals surface area contributed by atoms with Gasteiger partial charge in [0, 0.05) is 32.1 Å². The van der Waals surface area contributed by atoms with Crippen LogP contribution < -0.4 is 10.5 Å². The van der Waals surface area contributed by atoms with E-state index in [4.69, 9.17) is 4.84 Å². The lowest BCUT2D eigenvalue weighted by Gasteiger charge is -2.36. The number of hydrogen-bond donors (Lipinski definition) is 0. The van der Waals surface area contributed by atoms with Crippen LogP contribution >= 0.6 is 0 Å². The largest absolute Gasteiger partial charge is 0.390 e. The maximum Gasteiger partial charge on any atom is 0.252 e. The molecule has 7 nitrogen and oxygen atoms in total. The molecule has 0 radical (unpaired) electrons. The Morgan fingerprint density at radius 1 is 1.14 bits per heavy atom. The van der Waals surface area contributed by atoms with Crippen molar-refractivity contribution >= 4 is 22.4 Å².